The van der Waals surface area contributed by atoms with E-state index in [-0.39, 0.29) is 17.5 Å². The van der Waals surface area contributed by atoms with Crippen LogP contribution in [0.5, 0.6) is 0 Å². The van der Waals surface area contributed by atoms with E-state index < -0.39 is 0 Å². The molecule has 3 aromatic heterocycles. The van der Waals surface area contributed by atoms with Gasteiger partial charge in [-0.05, 0) is 55.5 Å². The highest BCUT2D eigenvalue weighted by Crippen LogP contribution is 2.30. The average Bonchev–Trinajstić information content (AvgIpc) is 2.84. The summed E-state index contributed by atoms with van der Waals surface area (Å²) in [5.74, 6) is 0.471. The fraction of sp³-hybridized carbons (Fsp3) is 0.375. The number of pyridine rings is 2. The van der Waals surface area contributed by atoms with Gasteiger partial charge >= 0.3 is 0 Å². The molecule has 0 aromatic carbocycles. The quantitative estimate of drug-likeness (QED) is 0.683. The molecule has 5 heterocycles. The van der Waals surface area contributed by atoms with Crippen molar-refractivity contribution in [3.63, 3.8) is 0 Å². The van der Waals surface area contributed by atoms with Crippen LogP contribution < -0.4 is 5.56 Å². The van der Waals surface area contributed by atoms with E-state index in [0.29, 0.717) is 31.0 Å². The first-order chi connectivity index (χ1) is 15.7. The zero-order valence-corrected chi connectivity index (χ0v) is 17.9. The third-order valence-electron chi connectivity index (χ3n) is 6.29. The Hall–Kier alpha value is -3.39. The fourth-order valence-corrected chi connectivity index (χ4v) is 4.65. The molecule has 0 radical (unpaired) electrons. The fourth-order valence-electron chi connectivity index (χ4n) is 4.65. The minimum Gasteiger partial charge on any atom is -0.327 e. The lowest BCUT2D eigenvalue weighted by Crippen LogP contribution is -2.41. The maximum absolute atomic E-state index is 13.1. The molecule has 164 valence electrons. The van der Waals surface area contributed by atoms with Crippen molar-refractivity contribution < 1.29 is 4.79 Å². The predicted molar refractivity (Wildman–Crippen MR) is 119 cm³/mol. The molecule has 0 spiro atoms. The summed E-state index contributed by atoms with van der Waals surface area (Å²) in [6.07, 6.45) is 8.60. The number of likely N-dealkylation sites (tertiary alicyclic amines) is 1. The molecule has 5 rings (SSSR count). The molecule has 1 saturated heterocycles. The van der Waals surface area contributed by atoms with Gasteiger partial charge in [0.2, 0.25) is 0 Å². The van der Waals surface area contributed by atoms with Gasteiger partial charge in [-0.15, -0.1) is 0 Å². The predicted octanol–water partition coefficient (Wildman–Crippen LogP) is 2.49. The van der Waals surface area contributed by atoms with Crippen LogP contribution >= 0.6 is 0 Å². The van der Waals surface area contributed by atoms with E-state index in [1.807, 2.05) is 23.1 Å². The van der Waals surface area contributed by atoms with Gasteiger partial charge in [0.1, 0.15) is 11.5 Å². The number of aromatic amines is 1. The summed E-state index contributed by atoms with van der Waals surface area (Å²) in [6.45, 7) is 2.86. The largest absolute Gasteiger partial charge is 0.327 e. The van der Waals surface area contributed by atoms with Gasteiger partial charge < -0.3 is 9.88 Å². The molecule has 2 aliphatic heterocycles. The molecule has 1 atom stereocenters. The van der Waals surface area contributed by atoms with Crippen LogP contribution in [0.15, 0.2) is 53.7 Å². The Balaban J connectivity index is 1.41. The molecule has 0 aliphatic carbocycles. The molecule has 1 amide bonds. The van der Waals surface area contributed by atoms with Crippen LogP contribution in [-0.2, 0) is 19.5 Å². The SMILES string of the molecule is O=C(c1ccccn1)N1CCCC[C@H]1c1nc2c(c(=O)[nH]1)CCN(Cc1ccncc1)C2. The van der Waals surface area contributed by atoms with Crippen LogP contribution in [0.3, 0.4) is 0 Å². The summed E-state index contributed by atoms with van der Waals surface area (Å²) in [5.41, 5.74) is 3.11. The van der Waals surface area contributed by atoms with Crippen molar-refractivity contribution in [3.8, 4) is 0 Å². The topological polar surface area (TPSA) is 95.1 Å². The lowest BCUT2D eigenvalue weighted by atomic mass is 9.99. The first-order valence-electron chi connectivity index (χ1n) is 11.1. The summed E-state index contributed by atoms with van der Waals surface area (Å²) in [7, 11) is 0. The van der Waals surface area contributed by atoms with Gasteiger partial charge in [0.25, 0.3) is 11.5 Å². The minimum atomic E-state index is -0.244. The molecule has 0 saturated carbocycles. The Labute approximate surface area is 186 Å². The highest BCUT2D eigenvalue weighted by atomic mass is 16.2. The van der Waals surface area contributed by atoms with Crippen molar-refractivity contribution in [1.82, 2.24) is 29.7 Å². The number of carbonyl (C=O) groups excluding carboxylic acids is 1. The number of carbonyl (C=O) groups is 1. The molecular formula is C24H26N6O2. The maximum atomic E-state index is 13.1. The number of aromatic nitrogens is 4. The number of amides is 1. The zero-order valence-electron chi connectivity index (χ0n) is 17.9. The first-order valence-corrected chi connectivity index (χ1v) is 11.1. The average molecular weight is 431 g/mol. The van der Waals surface area contributed by atoms with Gasteiger partial charge in [0, 0.05) is 50.3 Å². The van der Waals surface area contributed by atoms with Crippen LogP contribution in [0.4, 0.5) is 0 Å². The van der Waals surface area contributed by atoms with Crippen LogP contribution in [0.2, 0.25) is 0 Å². The molecule has 2 aliphatic rings. The summed E-state index contributed by atoms with van der Waals surface area (Å²) in [5, 5.41) is 0. The van der Waals surface area contributed by atoms with E-state index in [1.165, 1.54) is 5.56 Å². The Morgan fingerprint density at radius 1 is 1.09 bits per heavy atom. The minimum absolute atomic E-state index is 0.0793. The number of nitrogens with one attached hydrogen (secondary N) is 1. The van der Waals surface area contributed by atoms with Crippen LogP contribution in [0, 0.1) is 0 Å². The van der Waals surface area contributed by atoms with Crippen LogP contribution in [0.25, 0.3) is 0 Å². The highest BCUT2D eigenvalue weighted by molar-refractivity contribution is 5.92. The molecule has 8 heteroatoms. The standard InChI is InChI=1S/C24H26N6O2/c31-23-18-9-14-29(15-17-7-11-25-12-8-17)16-20(18)27-22(28-23)21-6-2-4-13-30(21)24(32)19-5-1-3-10-26-19/h1,3,5,7-8,10-12,21H,2,4,6,9,13-16H2,(H,27,28,31)/t21-/m0/s1. The van der Waals surface area contributed by atoms with Gasteiger partial charge in [0.05, 0.1) is 11.7 Å². The van der Waals surface area contributed by atoms with E-state index in [1.54, 1.807) is 30.7 Å². The number of fused-ring (bicyclic) bond motifs is 1. The molecule has 1 fully saturated rings. The second kappa shape index (κ2) is 9.00. The van der Waals surface area contributed by atoms with Crippen molar-refractivity contribution in [2.75, 3.05) is 13.1 Å². The second-order valence-corrected chi connectivity index (χ2v) is 8.42. The number of H-pyrrole nitrogens is 1. The summed E-state index contributed by atoms with van der Waals surface area (Å²) in [6, 6.07) is 9.12. The maximum Gasteiger partial charge on any atom is 0.273 e. The highest BCUT2D eigenvalue weighted by Gasteiger charge is 2.32. The van der Waals surface area contributed by atoms with E-state index in [0.717, 1.165) is 43.6 Å². The zero-order chi connectivity index (χ0) is 21.9. The third-order valence-corrected chi connectivity index (χ3v) is 6.29. The smallest absolute Gasteiger partial charge is 0.273 e. The monoisotopic (exact) mass is 430 g/mol. The number of nitrogens with zero attached hydrogens (tertiary/aromatic N) is 5. The Morgan fingerprint density at radius 2 is 1.97 bits per heavy atom. The van der Waals surface area contributed by atoms with Crippen molar-refractivity contribution in [2.24, 2.45) is 0 Å². The summed E-state index contributed by atoms with van der Waals surface area (Å²) in [4.78, 5) is 46.3. The van der Waals surface area contributed by atoms with E-state index in [4.69, 9.17) is 4.98 Å². The van der Waals surface area contributed by atoms with Crippen molar-refractivity contribution in [2.45, 2.75) is 44.8 Å². The summed E-state index contributed by atoms with van der Waals surface area (Å²) >= 11 is 0. The van der Waals surface area contributed by atoms with Gasteiger partial charge in [-0.25, -0.2) is 4.98 Å². The van der Waals surface area contributed by atoms with Gasteiger partial charge in [-0.2, -0.15) is 0 Å². The van der Waals surface area contributed by atoms with Gasteiger partial charge in [-0.3, -0.25) is 24.5 Å². The van der Waals surface area contributed by atoms with E-state index >= 15 is 0 Å². The van der Waals surface area contributed by atoms with Crippen LogP contribution in [0.1, 0.15) is 58.4 Å². The molecule has 32 heavy (non-hydrogen) atoms. The Morgan fingerprint density at radius 3 is 2.78 bits per heavy atom. The van der Waals surface area contributed by atoms with Crippen molar-refractivity contribution in [3.05, 3.63) is 87.6 Å². The number of piperidine rings is 1. The second-order valence-electron chi connectivity index (χ2n) is 8.42. The lowest BCUT2D eigenvalue weighted by molar-refractivity contribution is 0.0592. The Kier molecular flexibility index (Phi) is 5.77. The Bertz CT molecular complexity index is 1150. The van der Waals surface area contributed by atoms with Crippen molar-refractivity contribution >= 4 is 5.91 Å². The number of hydrogen-bond donors (Lipinski definition) is 1. The van der Waals surface area contributed by atoms with Crippen molar-refractivity contribution in [1.29, 1.82) is 0 Å². The van der Waals surface area contributed by atoms with E-state index in [2.05, 4.69) is 19.9 Å². The molecule has 0 bridgehead atoms. The first kappa shape index (κ1) is 20.5. The van der Waals surface area contributed by atoms with Gasteiger partial charge in [0.15, 0.2) is 0 Å². The molecule has 1 N–H and O–H groups in total. The molecular weight excluding hydrogens is 404 g/mol. The number of hydrogen-bond acceptors (Lipinski definition) is 6. The van der Waals surface area contributed by atoms with Crippen LogP contribution in [-0.4, -0.2) is 48.7 Å². The normalized spacial score (nSPS) is 18.9. The third kappa shape index (κ3) is 4.18. The van der Waals surface area contributed by atoms with Gasteiger partial charge in [-0.1, -0.05) is 6.07 Å². The molecule has 8 nitrogen and oxygen atoms in total. The molecule has 3 aromatic rings. The number of rotatable bonds is 4. The van der Waals surface area contributed by atoms with E-state index in [9.17, 15) is 9.59 Å². The lowest BCUT2D eigenvalue weighted by Gasteiger charge is -2.35. The molecule has 0 unspecified atom stereocenters. The summed E-state index contributed by atoms with van der Waals surface area (Å²) < 4.78 is 0.